The van der Waals surface area contributed by atoms with E-state index in [2.05, 4.69) is 21.0 Å². The molecule has 1 aliphatic rings. The molecule has 1 aliphatic carbocycles. The Bertz CT molecular complexity index is 963. The number of carbonyl (C=O) groups is 1. The zero-order valence-electron chi connectivity index (χ0n) is 13.7. The van der Waals surface area contributed by atoms with E-state index in [0.29, 0.717) is 18.7 Å². The Morgan fingerprint density at radius 1 is 1.44 bits per heavy atom. The number of methoxy groups -OCH3 is 1. The number of benzene rings is 1. The molecule has 2 aromatic heterocycles. The Morgan fingerprint density at radius 2 is 2.28 bits per heavy atom. The number of hydrogen-bond acceptors (Lipinski definition) is 5. The summed E-state index contributed by atoms with van der Waals surface area (Å²) in [6.07, 6.45) is 0.632. The molecule has 3 aromatic rings. The number of esters is 1. The molecule has 4 rings (SSSR count). The fourth-order valence-electron chi connectivity index (χ4n) is 3.13. The first-order valence-corrected chi connectivity index (χ1v) is 9.56. The lowest BCUT2D eigenvalue weighted by Gasteiger charge is -2.09. The van der Waals surface area contributed by atoms with Gasteiger partial charge in [0.1, 0.15) is 5.75 Å². The quantitative estimate of drug-likeness (QED) is 0.459. The Morgan fingerprint density at radius 3 is 2.96 bits per heavy atom. The molecule has 0 N–H and O–H groups in total. The maximum Gasteiger partial charge on any atom is 0.359 e. The van der Waals surface area contributed by atoms with E-state index in [9.17, 15) is 4.79 Å². The van der Waals surface area contributed by atoms with Crippen molar-refractivity contribution in [3.05, 3.63) is 50.3 Å². The van der Waals surface area contributed by atoms with Crippen LogP contribution in [0.4, 0.5) is 0 Å². The minimum atomic E-state index is -0.383. The SMILES string of the molecule is CCOC(=O)c1nn(-c2ccsc2)c2c1Cc1cc(OC)c(Br)cc1-2. The molecule has 0 amide bonds. The highest BCUT2D eigenvalue weighted by atomic mass is 79.9. The molecule has 0 unspecified atom stereocenters. The van der Waals surface area contributed by atoms with Gasteiger partial charge in [0, 0.05) is 22.9 Å². The van der Waals surface area contributed by atoms with Gasteiger partial charge < -0.3 is 9.47 Å². The lowest BCUT2D eigenvalue weighted by atomic mass is 10.1. The monoisotopic (exact) mass is 418 g/mol. The molecule has 1 aromatic carbocycles. The summed E-state index contributed by atoms with van der Waals surface area (Å²) in [7, 11) is 1.64. The van der Waals surface area contributed by atoms with E-state index in [0.717, 1.165) is 38.3 Å². The van der Waals surface area contributed by atoms with Gasteiger partial charge in [-0.1, -0.05) is 0 Å². The molecule has 2 heterocycles. The predicted molar refractivity (Wildman–Crippen MR) is 99.9 cm³/mol. The zero-order chi connectivity index (χ0) is 17.6. The van der Waals surface area contributed by atoms with Crippen LogP contribution in [0.5, 0.6) is 5.75 Å². The van der Waals surface area contributed by atoms with Crippen molar-refractivity contribution >= 4 is 33.2 Å². The summed E-state index contributed by atoms with van der Waals surface area (Å²) >= 11 is 5.14. The number of ether oxygens (including phenoxy) is 2. The van der Waals surface area contributed by atoms with E-state index in [4.69, 9.17) is 9.47 Å². The average molecular weight is 419 g/mol. The molecule has 0 fully saturated rings. The van der Waals surface area contributed by atoms with Crippen molar-refractivity contribution in [2.75, 3.05) is 13.7 Å². The Balaban J connectivity index is 1.94. The van der Waals surface area contributed by atoms with Crippen molar-refractivity contribution in [3.8, 4) is 22.7 Å². The van der Waals surface area contributed by atoms with Gasteiger partial charge >= 0.3 is 5.97 Å². The maximum atomic E-state index is 12.4. The van der Waals surface area contributed by atoms with E-state index >= 15 is 0 Å². The van der Waals surface area contributed by atoms with Gasteiger partial charge in [0.15, 0.2) is 5.69 Å². The van der Waals surface area contributed by atoms with Crippen molar-refractivity contribution in [2.24, 2.45) is 0 Å². The molecule has 7 heteroatoms. The Kier molecular flexibility index (Phi) is 4.13. The van der Waals surface area contributed by atoms with Gasteiger partial charge in [0.05, 0.1) is 29.6 Å². The van der Waals surface area contributed by atoms with Crippen molar-refractivity contribution in [3.63, 3.8) is 0 Å². The second kappa shape index (κ2) is 6.31. The minimum Gasteiger partial charge on any atom is -0.496 e. The maximum absolute atomic E-state index is 12.4. The van der Waals surface area contributed by atoms with E-state index < -0.39 is 0 Å². The normalized spacial score (nSPS) is 12.0. The number of halogens is 1. The lowest BCUT2D eigenvalue weighted by Crippen LogP contribution is -2.09. The molecule has 0 aliphatic heterocycles. The van der Waals surface area contributed by atoms with Gasteiger partial charge in [0.25, 0.3) is 0 Å². The standard InChI is InChI=1S/C18H15BrN2O3S/c1-3-24-18(22)16-13-6-10-7-15(23-2)14(19)8-12(10)17(13)21(20-16)11-4-5-25-9-11/h4-5,7-9H,3,6H2,1-2H3. The van der Waals surface area contributed by atoms with Crippen LogP contribution in [-0.2, 0) is 11.2 Å². The molecular formula is C18H15BrN2O3S. The molecule has 0 atom stereocenters. The molecule has 128 valence electrons. The smallest absolute Gasteiger partial charge is 0.359 e. The highest BCUT2D eigenvalue weighted by Crippen LogP contribution is 2.44. The molecule has 25 heavy (non-hydrogen) atoms. The average Bonchev–Trinajstić information content (AvgIpc) is 3.29. The van der Waals surface area contributed by atoms with Crippen LogP contribution < -0.4 is 4.74 Å². The number of hydrogen-bond donors (Lipinski definition) is 0. The Hall–Kier alpha value is -2.12. The molecule has 0 saturated heterocycles. The molecule has 0 radical (unpaired) electrons. The molecule has 0 spiro atoms. The zero-order valence-corrected chi connectivity index (χ0v) is 16.1. The third-order valence-corrected chi connectivity index (χ3v) is 5.49. The number of rotatable bonds is 4. The summed E-state index contributed by atoms with van der Waals surface area (Å²) in [5.74, 6) is 0.392. The van der Waals surface area contributed by atoms with Crippen LogP contribution in [-0.4, -0.2) is 29.5 Å². The van der Waals surface area contributed by atoms with Crippen LogP contribution >= 0.6 is 27.3 Å². The van der Waals surface area contributed by atoms with Crippen molar-refractivity contribution < 1.29 is 14.3 Å². The first-order chi connectivity index (χ1) is 12.1. The van der Waals surface area contributed by atoms with Gasteiger partial charge in [-0.15, -0.1) is 0 Å². The number of fused-ring (bicyclic) bond motifs is 3. The summed E-state index contributed by atoms with van der Waals surface area (Å²) in [4.78, 5) is 12.4. The molecular weight excluding hydrogens is 404 g/mol. The lowest BCUT2D eigenvalue weighted by molar-refractivity contribution is 0.0518. The largest absolute Gasteiger partial charge is 0.496 e. The van der Waals surface area contributed by atoms with E-state index in [-0.39, 0.29) is 5.97 Å². The highest BCUT2D eigenvalue weighted by Gasteiger charge is 2.32. The summed E-state index contributed by atoms with van der Waals surface area (Å²) in [5, 5.41) is 8.57. The number of nitrogens with zero attached hydrogens (tertiary/aromatic N) is 2. The summed E-state index contributed by atoms with van der Waals surface area (Å²) in [6.45, 7) is 2.12. The van der Waals surface area contributed by atoms with Crippen LogP contribution in [0.1, 0.15) is 28.5 Å². The molecule has 0 bridgehead atoms. The van der Waals surface area contributed by atoms with E-state index in [1.54, 1.807) is 25.4 Å². The highest BCUT2D eigenvalue weighted by molar-refractivity contribution is 9.10. The van der Waals surface area contributed by atoms with E-state index in [1.807, 2.05) is 33.6 Å². The van der Waals surface area contributed by atoms with Crippen LogP contribution in [0, 0.1) is 0 Å². The Labute approximate surface area is 157 Å². The third kappa shape index (κ3) is 2.58. The van der Waals surface area contributed by atoms with Crippen molar-refractivity contribution in [1.29, 1.82) is 0 Å². The number of aromatic nitrogens is 2. The van der Waals surface area contributed by atoms with Gasteiger partial charge in [0.2, 0.25) is 0 Å². The van der Waals surface area contributed by atoms with Gasteiger partial charge in [-0.2, -0.15) is 16.4 Å². The third-order valence-electron chi connectivity index (χ3n) is 4.20. The van der Waals surface area contributed by atoms with Gasteiger partial charge in [-0.05, 0) is 52.0 Å². The molecule has 0 saturated carbocycles. The van der Waals surface area contributed by atoms with Crippen molar-refractivity contribution in [2.45, 2.75) is 13.3 Å². The second-order valence-corrected chi connectivity index (χ2v) is 7.24. The van der Waals surface area contributed by atoms with Crippen LogP contribution in [0.3, 0.4) is 0 Å². The van der Waals surface area contributed by atoms with Gasteiger partial charge in [-0.25, -0.2) is 9.48 Å². The van der Waals surface area contributed by atoms with Crippen molar-refractivity contribution in [1.82, 2.24) is 9.78 Å². The summed E-state index contributed by atoms with van der Waals surface area (Å²) < 4.78 is 13.3. The second-order valence-electron chi connectivity index (χ2n) is 5.61. The van der Waals surface area contributed by atoms with E-state index in [1.165, 1.54) is 0 Å². The fourth-order valence-corrected chi connectivity index (χ4v) is 4.25. The topological polar surface area (TPSA) is 53.3 Å². The van der Waals surface area contributed by atoms with Gasteiger partial charge in [-0.3, -0.25) is 0 Å². The minimum absolute atomic E-state index is 0.325. The van der Waals surface area contributed by atoms with Crippen LogP contribution in [0.2, 0.25) is 0 Å². The van der Waals surface area contributed by atoms with Crippen LogP contribution in [0.25, 0.3) is 16.9 Å². The number of carbonyl (C=O) groups excluding carboxylic acids is 1. The molecule has 5 nitrogen and oxygen atoms in total. The first-order valence-electron chi connectivity index (χ1n) is 7.82. The summed E-state index contributed by atoms with van der Waals surface area (Å²) in [5.41, 5.74) is 5.34. The first kappa shape index (κ1) is 16.4. The fraction of sp³-hybridized carbons (Fsp3) is 0.222. The van der Waals surface area contributed by atoms with Crippen LogP contribution in [0.15, 0.2) is 33.4 Å². The summed E-state index contributed by atoms with van der Waals surface area (Å²) in [6, 6.07) is 6.02. The predicted octanol–water partition coefficient (Wildman–Crippen LogP) is 4.45. The number of thiophene rings is 1.